The molecule has 2 rings (SSSR count). The molecule has 1 fully saturated rings. The summed E-state index contributed by atoms with van der Waals surface area (Å²) in [7, 11) is 0. The summed E-state index contributed by atoms with van der Waals surface area (Å²) in [6.07, 6.45) is 5.72. The summed E-state index contributed by atoms with van der Waals surface area (Å²) in [4.78, 5) is 0. The van der Waals surface area contributed by atoms with Crippen molar-refractivity contribution < 1.29 is 0 Å². The highest BCUT2D eigenvalue weighted by atomic mass is 32.1. The zero-order valence-corrected chi connectivity index (χ0v) is 7.35. The lowest BCUT2D eigenvalue weighted by molar-refractivity contribution is 0.700. The first-order valence-corrected chi connectivity index (χ1v) is 5.11. The van der Waals surface area contributed by atoms with Crippen molar-refractivity contribution in [3.05, 3.63) is 23.1 Å². The average Bonchev–Trinajstić information content (AvgIpc) is 2.58. The summed E-state index contributed by atoms with van der Waals surface area (Å²) < 4.78 is 0. The average molecular weight is 167 g/mol. The van der Waals surface area contributed by atoms with Gasteiger partial charge in [0, 0.05) is 6.54 Å². The van der Waals surface area contributed by atoms with Gasteiger partial charge in [-0.05, 0) is 35.2 Å². The molecular weight excluding hydrogens is 154 g/mol. The van der Waals surface area contributed by atoms with Crippen LogP contribution < -0.4 is 5.32 Å². The molecule has 2 heteroatoms. The summed E-state index contributed by atoms with van der Waals surface area (Å²) in [5, 5.41) is 7.87. The predicted octanol–water partition coefficient (Wildman–Crippen LogP) is 1.32. The Morgan fingerprint density at radius 3 is 3.18 bits per heavy atom. The van der Waals surface area contributed by atoms with Gasteiger partial charge in [0.1, 0.15) is 0 Å². The van der Waals surface area contributed by atoms with E-state index < -0.39 is 0 Å². The zero-order chi connectivity index (χ0) is 7.52. The molecule has 60 valence electrons. The van der Waals surface area contributed by atoms with E-state index in [1.54, 1.807) is 0 Å². The molecule has 0 saturated carbocycles. The van der Waals surface area contributed by atoms with Crippen molar-refractivity contribution in [2.45, 2.75) is 6.42 Å². The van der Waals surface area contributed by atoms with Crippen LogP contribution in [0, 0.1) is 5.92 Å². The van der Waals surface area contributed by atoms with E-state index in [2.05, 4.69) is 28.2 Å². The lowest BCUT2D eigenvalue weighted by Crippen LogP contribution is -2.10. The van der Waals surface area contributed by atoms with Crippen LogP contribution in [0.4, 0.5) is 0 Å². The topological polar surface area (TPSA) is 12.0 Å². The molecule has 0 aromatic carbocycles. The summed E-state index contributed by atoms with van der Waals surface area (Å²) in [6.45, 7) is 2.36. The largest absolute Gasteiger partial charge is 0.316 e. The van der Waals surface area contributed by atoms with Gasteiger partial charge in [-0.1, -0.05) is 12.2 Å². The fraction of sp³-hybridized carbons (Fsp3) is 0.444. The molecule has 2 heterocycles. The molecule has 0 aromatic rings. The molecule has 0 amide bonds. The maximum atomic E-state index is 3.38. The quantitative estimate of drug-likeness (QED) is 0.443. The third-order valence-electron chi connectivity index (χ3n) is 2.22. The van der Waals surface area contributed by atoms with Crippen molar-refractivity contribution in [2.75, 3.05) is 13.1 Å². The van der Waals surface area contributed by atoms with Gasteiger partial charge in [-0.25, -0.2) is 0 Å². The Labute approximate surface area is 71.1 Å². The zero-order valence-electron chi connectivity index (χ0n) is 6.46. The molecule has 1 nitrogen and oxygen atoms in total. The fourth-order valence-electron chi connectivity index (χ4n) is 1.56. The van der Waals surface area contributed by atoms with Gasteiger partial charge in [0.2, 0.25) is 0 Å². The monoisotopic (exact) mass is 167 g/mol. The van der Waals surface area contributed by atoms with Crippen molar-refractivity contribution in [2.24, 2.45) is 5.92 Å². The van der Waals surface area contributed by atoms with E-state index in [-0.39, 0.29) is 0 Å². The molecule has 0 spiro atoms. The van der Waals surface area contributed by atoms with Gasteiger partial charge in [-0.2, -0.15) is 11.4 Å². The minimum atomic E-state index is 0.785. The van der Waals surface area contributed by atoms with Crippen LogP contribution in [-0.2, 0) is 0 Å². The van der Waals surface area contributed by atoms with Crippen LogP contribution >= 0.6 is 11.4 Å². The second kappa shape index (κ2) is 3.37. The van der Waals surface area contributed by atoms with E-state index in [0.717, 1.165) is 5.92 Å². The fourth-order valence-corrected chi connectivity index (χ4v) is 2.30. The number of hydrogen-bond donors (Lipinski definition) is 2. The SMILES string of the molecule is C1=CC(C2CCNC2)=C[SH]=C1. The van der Waals surface area contributed by atoms with E-state index in [1.807, 2.05) is 0 Å². The molecule has 0 bridgehead atoms. The number of hydrogen-bond acceptors (Lipinski definition) is 1. The van der Waals surface area contributed by atoms with Crippen molar-refractivity contribution in [3.8, 4) is 0 Å². The van der Waals surface area contributed by atoms with Crippen LogP contribution in [0.1, 0.15) is 6.42 Å². The molecule has 1 N–H and O–H groups in total. The number of thiol groups is 1. The molecule has 0 aromatic heterocycles. The van der Waals surface area contributed by atoms with E-state index in [1.165, 1.54) is 36.4 Å². The molecule has 2 aliphatic rings. The van der Waals surface area contributed by atoms with Gasteiger partial charge in [0.25, 0.3) is 0 Å². The van der Waals surface area contributed by atoms with E-state index >= 15 is 0 Å². The van der Waals surface area contributed by atoms with Gasteiger partial charge in [-0.15, -0.1) is 0 Å². The van der Waals surface area contributed by atoms with Gasteiger partial charge >= 0.3 is 0 Å². The van der Waals surface area contributed by atoms with E-state index in [4.69, 9.17) is 0 Å². The molecule has 11 heavy (non-hydrogen) atoms. The van der Waals surface area contributed by atoms with Crippen molar-refractivity contribution in [1.82, 2.24) is 5.32 Å². The lowest BCUT2D eigenvalue weighted by atomic mass is 9.99. The standard InChI is InChI=1S/C9H13NS/c1-2-9(7-11-5-1)8-3-4-10-6-8/h1-2,5,7-8,10-11H,3-4,6H2. The number of rotatable bonds is 1. The Hall–Kier alpha value is -0.340. The summed E-state index contributed by atoms with van der Waals surface area (Å²) in [5.74, 6) is 0.785. The Bertz CT molecular complexity index is 222. The first-order valence-electron chi connectivity index (χ1n) is 4.07. The summed E-state index contributed by atoms with van der Waals surface area (Å²) in [5.41, 5.74) is 1.53. The smallest absolute Gasteiger partial charge is 0.00208 e. The Morgan fingerprint density at radius 2 is 2.55 bits per heavy atom. The van der Waals surface area contributed by atoms with Crippen LogP contribution in [0.25, 0.3) is 0 Å². The Morgan fingerprint density at radius 1 is 1.55 bits per heavy atom. The second-order valence-corrected chi connectivity index (χ2v) is 3.83. The number of allylic oxidation sites excluding steroid dienone is 2. The van der Waals surface area contributed by atoms with Gasteiger partial charge < -0.3 is 5.32 Å². The molecule has 1 atom stereocenters. The first-order chi connectivity index (χ1) is 5.47. The second-order valence-electron chi connectivity index (χ2n) is 2.98. The summed E-state index contributed by atoms with van der Waals surface area (Å²) in [6, 6.07) is 0. The van der Waals surface area contributed by atoms with Crippen molar-refractivity contribution in [1.29, 1.82) is 0 Å². The Kier molecular flexibility index (Phi) is 2.24. The maximum absolute atomic E-state index is 3.38. The van der Waals surface area contributed by atoms with Crippen molar-refractivity contribution in [3.63, 3.8) is 0 Å². The molecular formula is C9H13NS. The predicted molar refractivity (Wildman–Crippen MR) is 53.2 cm³/mol. The normalized spacial score (nSPS) is 29.8. The third-order valence-corrected chi connectivity index (χ3v) is 3.01. The van der Waals surface area contributed by atoms with Gasteiger partial charge in [-0.3, -0.25) is 0 Å². The van der Waals surface area contributed by atoms with E-state index in [0.29, 0.717) is 0 Å². The number of nitrogens with one attached hydrogen (secondary N) is 1. The molecule has 1 saturated heterocycles. The van der Waals surface area contributed by atoms with Crippen LogP contribution in [0.5, 0.6) is 0 Å². The van der Waals surface area contributed by atoms with Crippen LogP contribution in [0.3, 0.4) is 0 Å². The first kappa shape index (κ1) is 7.32. The minimum Gasteiger partial charge on any atom is -0.316 e. The molecule has 0 aliphatic carbocycles. The maximum Gasteiger partial charge on any atom is 0.00208 e. The highest BCUT2D eigenvalue weighted by Crippen LogP contribution is 2.22. The van der Waals surface area contributed by atoms with Crippen LogP contribution in [0.2, 0.25) is 0 Å². The lowest BCUT2D eigenvalue weighted by Gasteiger charge is -2.09. The Balaban J connectivity index is 2.09. The highest BCUT2D eigenvalue weighted by Gasteiger charge is 2.16. The van der Waals surface area contributed by atoms with Crippen LogP contribution in [0.15, 0.2) is 23.1 Å². The van der Waals surface area contributed by atoms with Crippen LogP contribution in [-0.4, -0.2) is 18.5 Å². The van der Waals surface area contributed by atoms with Crippen molar-refractivity contribution >= 4 is 16.7 Å². The van der Waals surface area contributed by atoms with Gasteiger partial charge in [0.15, 0.2) is 0 Å². The highest BCUT2D eigenvalue weighted by molar-refractivity contribution is 8.00. The van der Waals surface area contributed by atoms with Gasteiger partial charge in [0.05, 0.1) is 0 Å². The molecule has 2 aliphatic heterocycles. The minimum absolute atomic E-state index is 0.785. The molecule has 0 radical (unpaired) electrons. The van der Waals surface area contributed by atoms with E-state index in [9.17, 15) is 0 Å². The third kappa shape index (κ3) is 1.63. The molecule has 1 unspecified atom stereocenters. The summed E-state index contributed by atoms with van der Waals surface area (Å²) >= 11 is 1.35.